The first-order valence-electron chi connectivity index (χ1n) is 10.8. The van der Waals surface area contributed by atoms with Crippen LogP contribution in [0.4, 0.5) is 0 Å². The van der Waals surface area contributed by atoms with Gasteiger partial charge in [0.05, 0.1) is 0 Å². The molecule has 0 saturated heterocycles. The fourth-order valence-corrected chi connectivity index (χ4v) is 3.67. The minimum absolute atomic E-state index is 1.27. The molecule has 138 valence electrons. The van der Waals surface area contributed by atoms with Gasteiger partial charge in [-0.15, -0.1) is 0 Å². The van der Waals surface area contributed by atoms with Gasteiger partial charge >= 0.3 is 0 Å². The van der Waals surface area contributed by atoms with Gasteiger partial charge in [0.1, 0.15) is 0 Å². The first-order chi connectivity index (χ1) is 11.7. The van der Waals surface area contributed by atoms with Gasteiger partial charge < -0.3 is 0 Å². The fraction of sp³-hybridized carbons (Fsp3) is 0.750. The van der Waals surface area contributed by atoms with E-state index in [4.69, 9.17) is 0 Å². The van der Waals surface area contributed by atoms with Gasteiger partial charge in [-0.2, -0.15) is 0 Å². The van der Waals surface area contributed by atoms with E-state index in [0.29, 0.717) is 0 Å². The van der Waals surface area contributed by atoms with E-state index >= 15 is 0 Å². The predicted octanol–water partition coefficient (Wildman–Crippen LogP) is 8.11. The SMILES string of the molecule is CCCCCCCCc1cc(C)c(CCCCCCCC)cc1C. The summed E-state index contributed by atoms with van der Waals surface area (Å²) in [7, 11) is 0. The van der Waals surface area contributed by atoms with E-state index in [1.807, 2.05) is 0 Å². The van der Waals surface area contributed by atoms with Crippen LogP contribution in [-0.2, 0) is 12.8 Å². The van der Waals surface area contributed by atoms with Gasteiger partial charge in [0.25, 0.3) is 0 Å². The lowest BCUT2D eigenvalue weighted by Crippen LogP contribution is -1.97. The summed E-state index contributed by atoms with van der Waals surface area (Å²) in [5, 5.41) is 0. The normalized spacial score (nSPS) is 11.2. The Bertz CT molecular complexity index is 388. The molecule has 0 amide bonds. The number of hydrogen-bond acceptors (Lipinski definition) is 0. The Hall–Kier alpha value is -0.780. The van der Waals surface area contributed by atoms with Crippen LogP contribution in [0.1, 0.15) is 113 Å². The van der Waals surface area contributed by atoms with Gasteiger partial charge in [-0.1, -0.05) is 90.2 Å². The number of rotatable bonds is 14. The minimum atomic E-state index is 1.27. The second kappa shape index (κ2) is 13.5. The Morgan fingerprint density at radius 1 is 0.500 bits per heavy atom. The van der Waals surface area contributed by atoms with Crippen LogP contribution in [0.15, 0.2) is 12.1 Å². The van der Waals surface area contributed by atoms with Crippen molar-refractivity contribution in [2.24, 2.45) is 0 Å². The average molecular weight is 331 g/mol. The van der Waals surface area contributed by atoms with Crippen molar-refractivity contribution in [2.75, 3.05) is 0 Å². The summed E-state index contributed by atoms with van der Waals surface area (Å²) in [4.78, 5) is 0. The topological polar surface area (TPSA) is 0 Å². The van der Waals surface area contributed by atoms with E-state index in [0.717, 1.165) is 0 Å². The first kappa shape index (κ1) is 21.3. The van der Waals surface area contributed by atoms with Gasteiger partial charge in [-0.05, 0) is 61.8 Å². The highest BCUT2D eigenvalue weighted by Crippen LogP contribution is 2.21. The van der Waals surface area contributed by atoms with Crippen LogP contribution in [0, 0.1) is 13.8 Å². The van der Waals surface area contributed by atoms with E-state index in [-0.39, 0.29) is 0 Å². The van der Waals surface area contributed by atoms with Crippen LogP contribution < -0.4 is 0 Å². The Morgan fingerprint density at radius 2 is 0.833 bits per heavy atom. The quantitative estimate of drug-likeness (QED) is 0.302. The Labute approximate surface area is 152 Å². The molecule has 0 fully saturated rings. The lowest BCUT2D eigenvalue weighted by molar-refractivity contribution is 0.605. The van der Waals surface area contributed by atoms with Crippen molar-refractivity contribution in [3.05, 3.63) is 34.4 Å². The molecule has 1 rings (SSSR count). The van der Waals surface area contributed by atoms with Crippen LogP contribution in [-0.4, -0.2) is 0 Å². The molecule has 0 spiro atoms. The third-order valence-electron chi connectivity index (χ3n) is 5.39. The predicted molar refractivity (Wildman–Crippen MR) is 110 cm³/mol. The molecule has 0 unspecified atom stereocenters. The van der Waals surface area contributed by atoms with Crippen molar-refractivity contribution < 1.29 is 0 Å². The molecule has 0 atom stereocenters. The van der Waals surface area contributed by atoms with Crippen LogP contribution in [0.25, 0.3) is 0 Å². The molecule has 0 N–H and O–H groups in total. The minimum Gasteiger partial charge on any atom is -0.0654 e. The average Bonchev–Trinajstić information content (AvgIpc) is 2.57. The molecule has 1 aromatic rings. The summed E-state index contributed by atoms with van der Waals surface area (Å²) in [5.74, 6) is 0. The molecule has 0 aliphatic rings. The molecule has 0 radical (unpaired) electrons. The highest BCUT2D eigenvalue weighted by Gasteiger charge is 2.05. The molecular weight excluding hydrogens is 288 g/mol. The third-order valence-corrected chi connectivity index (χ3v) is 5.39. The standard InChI is InChI=1S/C24H42/c1-5-7-9-11-13-15-17-23-19-22(4)24(20-21(23)3)18-16-14-12-10-8-6-2/h19-20H,5-18H2,1-4H3. The Balaban J connectivity index is 2.33. The van der Waals surface area contributed by atoms with E-state index in [1.165, 1.54) is 101 Å². The molecule has 0 bridgehead atoms. The molecular formula is C24H42. The summed E-state index contributed by atoms with van der Waals surface area (Å²) < 4.78 is 0. The van der Waals surface area contributed by atoms with Gasteiger partial charge in [0, 0.05) is 0 Å². The van der Waals surface area contributed by atoms with Crippen LogP contribution >= 0.6 is 0 Å². The van der Waals surface area contributed by atoms with Crippen LogP contribution in [0.2, 0.25) is 0 Å². The van der Waals surface area contributed by atoms with Crippen LogP contribution in [0.3, 0.4) is 0 Å². The molecule has 1 aromatic carbocycles. The lowest BCUT2D eigenvalue weighted by Gasteiger charge is -2.12. The van der Waals surface area contributed by atoms with Gasteiger partial charge in [0.2, 0.25) is 0 Å². The van der Waals surface area contributed by atoms with Gasteiger partial charge in [-0.3, -0.25) is 0 Å². The maximum atomic E-state index is 2.48. The van der Waals surface area contributed by atoms with E-state index in [9.17, 15) is 0 Å². The number of hydrogen-bond donors (Lipinski definition) is 0. The van der Waals surface area contributed by atoms with Crippen LogP contribution in [0.5, 0.6) is 0 Å². The lowest BCUT2D eigenvalue weighted by atomic mass is 9.93. The van der Waals surface area contributed by atoms with Gasteiger partial charge in [0.15, 0.2) is 0 Å². The van der Waals surface area contributed by atoms with Crippen molar-refractivity contribution in [3.63, 3.8) is 0 Å². The summed E-state index contributed by atoms with van der Waals surface area (Å²) >= 11 is 0. The molecule has 24 heavy (non-hydrogen) atoms. The molecule has 0 aliphatic carbocycles. The van der Waals surface area contributed by atoms with Crippen molar-refractivity contribution in [2.45, 2.75) is 118 Å². The van der Waals surface area contributed by atoms with Crippen molar-refractivity contribution in [1.82, 2.24) is 0 Å². The Morgan fingerprint density at radius 3 is 1.21 bits per heavy atom. The number of unbranched alkanes of at least 4 members (excludes halogenated alkanes) is 10. The largest absolute Gasteiger partial charge is 0.0654 e. The zero-order valence-corrected chi connectivity index (χ0v) is 17.1. The smallest absolute Gasteiger partial charge is 0.0276 e. The highest BCUT2D eigenvalue weighted by molar-refractivity contribution is 5.37. The molecule has 0 saturated carbocycles. The summed E-state index contributed by atoms with van der Waals surface area (Å²) in [6.45, 7) is 9.21. The summed E-state index contributed by atoms with van der Waals surface area (Å²) in [6.07, 6.45) is 19.3. The zero-order chi connectivity index (χ0) is 17.6. The molecule has 0 aromatic heterocycles. The van der Waals surface area contributed by atoms with Crippen molar-refractivity contribution in [1.29, 1.82) is 0 Å². The second-order valence-corrected chi connectivity index (χ2v) is 7.74. The van der Waals surface area contributed by atoms with E-state index in [2.05, 4.69) is 39.8 Å². The monoisotopic (exact) mass is 330 g/mol. The number of benzene rings is 1. The van der Waals surface area contributed by atoms with Gasteiger partial charge in [-0.25, -0.2) is 0 Å². The summed E-state index contributed by atoms with van der Waals surface area (Å²) in [6, 6.07) is 4.96. The maximum absolute atomic E-state index is 2.48. The maximum Gasteiger partial charge on any atom is -0.0276 e. The first-order valence-corrected chi connectivity index (χ1v) is 10.8. The zero-order valence-electron chi connectivity index (χ0n) is 17.1. The van der Waals surface area contributed by atoms with Crippen molar-refractivity contribution in [3.8, 4) is 0 Å². The second-order valence-electron chi connectivity index (χ2n) is 7.74. The third kappa shape index (κ3) is 8.90. The molecule has 0 aliphatic heterocycles. The summed E-state index contributed by atoms with van der Waals surface area (Å²) in [5.41, 5.74) is 6.23. The fourth-order valence-electron chi connectivity index (χ4n) is 3.67. The molecule has 0 heteroatoms. The number of aryl methyl sites for hydroxylation is 4. The highest BCUT2D eigenvalue weighted by atomic mass is 14.1. The van der Waals surface area contributed by atoms with E-state index < -0.39 is 0 Å². The molecule has 0 heterocycles. The van der Waals surface area contributed by atoms with E-state index in [1.54, 1.807) is 11.1 Å². The Kier molecular flexibility index (Phi) is 12.0. The van der Waals surface area contributed by atoms with Crippen molar-refractivity contribution >= 4 is 0 Å². The molecule has 0 nitrogen and oxygen atoms in total.